The van der Waals surface area contributed by atoms with Crippen molar-refractivity contribution in [3.8, 4) is 0 Å². The topological polar surface area (TPSA) is 3.24 Å². The van der Waals surface area contributed by atoms with E-state index in [4.69, 9.17) is 0 Å². The van der Waals surface area contributed by atoms with Crippen molar-refractivity contribution in [3.05, 3.63) is 10.6 Å². The normalized spacial score (nSPS) is 22.2. The first-order chi connectivity index (χ1) is 4.33. The van der Waals surface area contributed by atoms with Gasteiger partial charge in [-0.3, -0.25) is 0 Å². The molecule has 1 aliphatic heterocycles. The fourth-order valence-electron chi connectivity index (χ4n) is 1.01. The van der Waals surface area contributed by atoms with E-state index >= 15 is 0 Å². The maximum atomic E-state index is 3.35. The predicted octanol–water partition coefficient (Wildman–Crippen LogP) is 1.99. The van der Waals surface area contributed by atoms with Crippen LogP contribution in [0.15, 0.2) is 10.6 Å². The van der Waals surface area contributed by atoms with Crippen molar-refractivity contribution in [2.45, 2.75) is 12.8 Å². The molecule has 1 saturated heterocycles. The summed E-state index contributed by atoms with van der Waals surface area (Å²) in [7, 11) is 2.17. The third-order valence-corrected chi connectivity index (χ3v) is 2.43. The highest BCUT2D eigenvalue weighted by molar-refractivity contribution is 9.11. The molecule has 0 radical (unpaired) electrons. The summed E-state index contributed by atoms with van der Waals surface area (Å²) < 4.78 is 0. The molecular formula is C7H12BrN. The van der Waals surface area contributed by atoms with E-state index in [1.54, 1.807) is 5.57 Å². The van der Waals surface area contributed by atoms with Gasteiger partial charge in [-0.15, -0.1) is 0 Å². The third-order valence-electron chi connectivity index (χ3n) is 1.78. The molecule has 9 heavy (non-hydrogen) atoms. The number of rotatable bonds is 0. The highest BCUT2D eigenvalue weighted by Gasteiger charge is 2.07. The summed E-state index contributed by atoms with van der Waals surface area (Å²) in [6.07, 6.45) is 2.48. The third kappa shape index (κ3) is 2.11. The summed E-state index contributed by atoms with van der Waals surface area (Å²) in [5.74, 6) is 0. The molecular weight excluding hydrogens is 178 g/mol. The van der Waals surface area contributed by atoms with E-state index in [-0.39, 0.29) is 0 Å². The van der Waals surface area contributed by atoms with Gasteiger partial charge in [-0.1, -0.05) is 21.5 Å². The summed E-state index contributed by atoms with van der Waals surface area (Å²) in [5, 5.41) is 0. The monoisotopic (exact) mass is 189 g/mol. The van der Waals surface area contributed by atoms with E-state index in [1.807, 2.05) is 0 Å². The van der Waals surface area contributed by atoms with Crippen LogP contribution in [0.1, 0.15) is 12.8 Å². The lowest BCUT2D eigenvalue weighted by molar-refractivity contribution is 0.313. The zero-order chi connectivity index (χ0) is 6.69. The van der Waals surface area contributed by atoms with Crippen molar-refractivity contribution >= 4 is 15.9 Å². The lowest BCUT2D eigenvalue weighted by Crippen LogP contribution is -2.26. The zero-order valence-electron chi connectivity index (χ0n) is 5.73. The molecule has 0 saturated carbocycles. The summed E-state index contributed by atoms with van der Waals surface area (Å²) >= 11 is 3.35. The molecule has 0 spiro atoms. The van der Waals surface area contributed by atoms with Gasteiger partial charge >= 0.3 is 0 Å². The molecule has 0 atom stereocenters. The summed E-state index contributed by atoms with van der Waals surface area (Å²) in [4.78, 5) is 4.43. The second-order valence-corrected chi connectivity index (χ2v) is 3.03. The SMILES string of the molecule is CN1CCC(=CBr)CC1. The Hall–Kier alpha value is 0.180. The maximum Gasteiger partial charge on any atom is 0.00160 e. The predicted molar refractivity (Wildman–Crippen MR) is 43.7 cm³/mol. The molecule has 0 aliphatic carbocycles. The van der Waals surface area contributed by atoms with Crippen molar-refractivity contribution in [1.29, 1.82) is 0 Å². The van der Waals surface area contributed by atoms with Crippen molar-refractivity contribution in [1.82, 2.24) is 4.90 Å². The van der Waals surface area contributed by atoms with Crippen LogP contribution in [0.25, 0.3) is 0 Å². The molecule has 0 aromatic heterocycles. The first kappa shape index (κ1) is 7.29. The zero-order valence-corrected chi connectivity index (χ0v) is 7.32. The van der Waals surface area contributed by atoms with Crippen LogP contribution in [-0.4, -0.2) is 25.0 Å². The van der Waals surface area contributed by atoms with Gasteiger partial charge in [0.15, 0.2) is 0 Å². The van der Waals surface area contributed by atoms with Gasteiger partial charge in [0.05, 0.1) is 0 Å². The highest BCUT2D eigenvalue weighted by Crippen LogP contribution is 2.15. The fourth-order valence-corrected chi connectivity index (χ4v) is 1.47. The van der Waals surface area contributed by atoms with Crippen molar-refractivity contribution in [3.63, 3.8) is 0 Å². The van der Waals surface area contributed by atoms with Crippen LogP contribution in [0.3, 0.4) is 0 Å². The van der Waals surface area contributed by atoms with Crippen LogP contribution in [-0.2, 0) is 0 Å². The molecule has 2 heteroatoms. The minimum atomic E-state index is 1.22. The van der Waals surface area contributed by atoms with Gasteiger partial charge in [-0.25, -0.2) is 0 Å². The second kappa shape index (κ2) is 3.37. The Kier molecular flexibility index (Phi) is 2.73. The molecule has 0 amide bonds. The molecule has 0 N–H and O–H groups in total. The molecule has 1 heterocycles. The van der Waals surface area contributed by atoms with Crippen molar-refractivity contribution in [2.75, 3.05) is 20.1 Å². The van der Waals surface area contributed by atoms with Crippen LogP contribution in [0.5, 0.6) is 0 Å². The standard InChI is InChI=1S/C7H12BrN/c1-9-4-2-7(6-8)3-5-9/h6H,2-5H2,1H3. The molecule has 0 aromatic carbocycles. The Morgan fingerprint density at radius 1 is 1.44 bits per heavy atom. The molecule has 1 nitrogen and oxygen atoms in total. The molecule has 1 fully saturated rings. The molecule has 52 valence electrons. The van der Waals surface area contributed by atoms with Gasteiger partial charge in [-0.2, -0.15) is 0 Å². The summed E-state index contributed by atoms with van der Waals surface area (Å²) in [5.41, 5.74) is 1.55. The number of hydrogen-bond acceptors (Lipinski definition) is 1. The van der Waals surface area contributed by atoms with Gasteiger partial charge in [-0.05, 0) is 24.9 Å². The Bertz CT molecular complexity index is 110. The molecule has 0 bridgehead atoms. The average Bonchev–Trinajstić information content (AvgIpc) is 1.90. The van der Waals surface area contributed by atoms with Crippen molar-refractivity contribution < 1.29 is 0 Å². The molecule has 0 unspecified atom stereocenters. The van der Waals surface area contributed by atoms with Gasteiger partial charge in [0.2, 0.25) is 0 Å². The highest BCUT2D eigenvalue weighted by atomic mass is 79.9. The van der Waals surface area contributed by atoms with Crippen molar-refractivity contribution in [2.24, 2.45) is 0 Å². The van der Waals surface area contributed by atoms with Crippen LogP contribution >= 0.6 is 15.9 Å². The lowest BCUT2D eigenvalue weighted by Gasteiger charge is -2.23. The molecule has 0 aromatic rings. The van der Waals surface area contributed by atoms with E-state index in [0.29, 0.717) is 0 Å². The minimum Gasteiger partial charge on any atom is -0.306 e. The maximum absolute atomic E-state index is 3.35. The smallest absolute Gasteiger partial charge is 0.00160 e. The second-order valence-electron chi connectivity index (χ2n) is 2.57. The molecule has 1 rings (SSSR count). The Labute approximate surface area is 64.9 Å². The van der Waals surface area contributed by atoms with E-state index in [0.717, 1.165) is 0 Å². The Morgan fingerprint density at radius 3 is 2.44 bits per heavy atom. The van der Waals surface area contributed by atoms with E-state index in [2.05, 4.69) is 32.9 Å². The summed E-state index contributed by atoms with van der Waals surface area (Å²) in [6, 6.07) is 0. The first-order valence-corrected chi connectivity index (χ1v) is 4.21. The number of likely N-dealkylation sites (tertiary alicyclic amines) is 1. The van der Waals surface area contributed by atoms with E-state index in [9.17, 15) is 0 Å². The molecule has 1 aliphatic rings. The largest absolute Gasteiger partial charge is 0.306 e. The van der Waals surface area contributed by atoms with Gasteiger partial charge in [0.25, 0.3) is 0 Å². The first-order valence-electron chi connectivity index (χ1n) is 3.29. The number of piperidine rings is 1. The van der Waals surface area contributed by atoms with Crippen LogP contribution < -0.4 is 0 Å². The number of halogens is 1. The minimum absolute atomic E-state index is 1.22. The van der Waals surface area contributed by atoms with Crippen LogP contribution in [0, 0.1) is 0 Å². The van der Waals surface area contributed by atoms with Gasteiger partial charge in [0.1, 0.15) is 0 Å². The van der Waals surface area contributed by atoms with E-state index in [1.165, 1.54) is 25.9 Å². The number of hydrogen-bond donors (Lipinski definition) is 0. The van der Waals surface area contributed by atoms with Gasteiger partial charge in [0, 0.05) is 13.1 Å². The lowest BCUT2D eigenvalue weighted by atomic mass is 10.1. The average molecular weight is 190 g/mol. The quantitative estimate of drug-likeness (QED) is 0.564. The summed E-state index contributed by atoms with van der Waals surface area (Å²) in [6.45, 7) is 2.44. The van der Waals surface area contributed by atoms with Gasteiger partial charge < -0.3 is 4.90 Å². The fraction of sp³-hybridized carbons (Fsp3) is 0.714. The van der Waals surface area contributed by atoms with Crippen LogP contribution in [0.2, 0.25) is 0 Å². The number of nitrogens with zero attached hydrogens (tertiary/aromatic N) is 1. The van der Waals surface area contributed by atoms with E-state index < -0.39 is 0 Å². The van der Waals surface area contributed by atoms with Crippen LogP contribution in [0.4, 0.5) is 0 Å². The Morgan fingerprint density at radius 2 is 2.00 bits per heavy atom. The Balaban J connectivity index is 2.35.